The number of nitrogens with one attached hydrogen (secondary N) is 1. The number of benzene rings is 1. The summed E-state index contributed by atoms with van der Waals surface area (Å²) in [6.07, 6.45) is 2.36. The average molecular weight is 300 g/mol. The molecule has 1 amide bonds. The second-order valence-electron chi connectivity index (χ2n) is 6.04. The van der Waals surface area contributed by atoms with E-state index in [1.54, 1.807) is 6.20 Å². The third-order valence-electron chi connectivity index (χ3n) is 3.45. The molecule has 1 aromatic carbocycles. The molecule has 0 saturated heterocycles. The molecule has 0 aliphatic heterocycles. The predicted molar refractivity (Wildman–Crippen MR) is 84.5 cm³/mol. The van der Waals surface area contributed by atoms with Crippen LogP contribution < -0.4 is 5.32 Å². The highest BCUT2D eigenvalue weighted by Gasteiger charge is 2.21. The molecule has 0 spiro atoms. The van der Waals surface area contributed by atoms with Crippen LogP contribution in [0.2, 0.25) is 0 Å². The highest BCUT2D eigenvalue weighted by atomic mass is 16.4. The van der Waals surface area contributed by atoms with Gasteiger partial charge >= 0.3 is 5.97 Å². The van der Waals surface area contributed by atoms with E-state index in [2.05, 4.69) is 10.3 Å². The Hall–Kier alpha value is -2.43. The lowest BCUT2D eigenvalue weighted by molar-refractivity contribution is -0.137. The Bertz CT molecular complexity index is 695. The Morgan fingerprint density at radius 1 is 1.27 bits per heavy atom. The Kier molecular flexibility index (Phi) is 4.75. The monoisotopic (exact) mass is 300 g/mol. The summed E-state index contributed by atoms with van der Waals surface area (Å²) < 4.78 is 0. The first-order chi connectivity index (χ1) is 10.4. The number of amides is 1. The van der Waals surface area contributed by atoms with E-state index in [0.29, 0.717) is 6.42 Å². The molecule has 0 atom stereocenters. The van der Waals surface area contributed by atoms with Crippen molar-refractivity contribution < 1.29 is 14.7 Å². The molecule has 0 saturated carbocycles. The van der Waals surface area contributed by atoms with Gasteiger partial charge in [0, 0.05) is 23.5 Å². The number of carboxylic acid groups (broad SMARTS) is 1. The topological polar surface area (TPSA) is 79.3 Å². The van der Waals surface area contributed by atoms with Crippen molar-refractivity contribution in [2.45, 2.75) is 38.6 Å². The molecule has 0 radical (unpaired) electrons. The zero-order valence-electron chi connectivity index (χ0n) is 12.8. The summed E-state index contributed by atoms with van der Waals surface area (Å²) in [6.45, 7) is 3.65. The molecule has 2 rings (SSSR count). The van der Waals surface area contributed by atoms with Crippen molar-refractivity contribution >= 4 is 22.8 Å². The van der Waals surface area contributed by atoms with E-state index in [1.165, 1.54) is 0 Å². The number of aliphatic carboxylic acids is 1. The molecule has 1 aromatic heterocycles. The van der Waals surface area contributed by atoms with Crippen molar-refractivity contribution in [3.05, 3.63) is 42.1 Å². The maximum Gasteiger partial charge on any atom is 0.303 e. The van der Waals surface area contributed by atoms with Crippen LogP contribution in [0, 0.1) is 0 Å². The minimum atomic E-state index is -0.860. The van der Waals surface area contributed by atoms with Crippen LogP contribution in [0.15, 0.2) is 36.5 Å². The summed E-state index contributed by atoms with van der Waals surface area (Å²) in [5.74, 6) is -0.992. The number of hydrogen-bond acceptors (Lipinski definition) is 3. The highest BCUT2D eigenvalue weighted by Crippen LogP contribution is 2.15. The van der Waals surface area contributed by atoms with Gasteiger partial charge in [-0.15, -0.1) is 0 Å². The predicted octanol–water partition coefficient (Wildman–Crippen LogP) is 2.54. The summed E-state index contributed by atoms with van der Waals surface area (Å²) in [5.41, 5.74) is 1.19. The average Bonchev–Trinajstić information content (AvgIpc) is 2.44. The number of rotatable bonds is 6. The van der Waals surface area contributed by atoms with Gasteiger partial charge in [0.2, 0.25) is 5.91 Å². The van der Waals surface area contributed by atoms with Gasteiger partial charge in [0.15, 0.2) is 0 Å². The lowest BCUT2D eigenvalue weighted by atomic mass is 9.98. The molecule has 5 heteroatoms. The summed E-state index contributed by atoms with van der Waals surface area (Å²) in [5, 5.41) is 12.6. The normalized spacial score (nSPS) is 11.4. The second-order valence-corrected chi connectivity index (χ2v) is 6.04. The van der Waals surface area contributed by atoms with Crippen molar-refractivity contribution in [1.29, 1.82) is 0 Å². The van der Waals surface area contributed by atoms with E-state index < -0.39 is 11.5 Å². The van der Waals surface area contributed by atoms with Crippen molar-refractivity contribution in [2.24, 2.45) is 0 Å². The van der Waals surface area contributed by atoms with E-state index in [1.807, 2.05) is 44.2 Å². The third kappa shape index (κ3) is 4.55. The van der Waals surface area contributed by atoms with Crippen molar-refractivity contribution in [3.63, 3.8) is 0 Å². The summed E-state index contributed by atoms with van der Waals surface area (Å²) in [6, 6.07) is 9.69. The Morgan fingerprint density at radius 3 is 2.73 bits per heavy atom. The molecular formula is C17H20N2O3. The molecule has 2 N–H and O–H groups in total. The van der Waals surface area contributed by atoms with Crippen LogP contribution in [0.1, 0.15) is 32.3 Å². The molecule has 5 nitrogen and oxygen atoms in total. The van der Waals surface area contributed by atoms with E-state index >= 15 is 0 Å². The number of carbonyl (C=O) groups excluding carboxylic acids is 1. The lowest BCUT2D eigenvalue weighted by Crippen LogP contribution is -2.44. The highest BCUT2D eigenvalue weighted by molar-refractivity contribution is 5.83. The molecule has 0 aliphatic rings. The van der Waals surface area contributed by atoms with Crippen LogP contribution in [-0.2, 0) is 16.0 Å². The Balaban J connectivity index is 1.99. The van der Waals surface area contributed by atoms with Crippen LogP contribution in [0.4, 0.5) is 0 Å². The van der Waals surface area contributed by atoms with Gasteiger partial charge < -0.3 is 10.4 Å². The largest absolute Gasteiger partial charge is 0.481 e. The standard InChI is InChI=1S/C17H20N2O3/c1-17(2,8-7-16(21)22)19-15(20)10-12-9-13-5-3-4-6-14(13)18-11-12/h3-6,9,11H,7-8,10H2,1-2H3,(H,19,20)(H,21,22). The molecule has 0 aliphatic carbocycles. The number of aromatic nitrogens is 1. The van der Waals surface area contributed by atoms with Gasteiger partial charge in [-0.05, 0) is 38.0 Å². The zero-order chi connectivity index (χ0) is 16.2. The summed E-state index contributed by atoms with van der Waals surface area (Å²) in [7, 11) is 0. The number of carbonyl (C=O) groups is 2. The lowest BCUT2D eigenvalue weighted by Gasteiger charge is -2.25. The van der Waals surface area contributed by atoms with E-state index in [-0.39, 0.29) is 18.7 Å². The van der Waals surface area contributed by atoms with Crippen molar-refractivity contribution in [1.82, 2.24) is 10.3 Å². The SMILES string of the molecule is CC(C)(CCC(=O)O)NC(=O)Cc1cnc2ccccc2c1. The number of nitrogens with zero attached hydrogens (tertiary/aromatic N) is 1. The van der Waals surface area contributed by atoms with Gasteiger partial charge in [0.25, 0.3) is 0 Å². The number of hydrogen-bond donors (Lipinski definition) is 2. The zero-order valence-corrected chi connectivity index (χ0v) is 12.8. The van der Waals surface area contributed by atoms with Crippen molar-refractivity contribution in [3.8, 4) is 0 Å². The molecule has 0 unspecified atom stereocenters. The number of pyridine rings is 1. The van der Waals surface area contributed by atoms with Crippen LogP contribution in [0.5, 0.6) is 0 Å². The molecular weight excluding hydrogens is 280 g/mol. The van der Waals surface area contributed by atoms with Crippen LogP contribution in [0.3, 0.4) is 0 Å². The number of fused-ring (bicyclic) bond motifs is 1. The number of carboxylic acids is 1. The maximum atomic E-state index is 12.1. The number of para-hydroxylation sites is 1. The van der Waals surface area contributed by atoms with Crippen molar-refractivity contribution in [2.75, 3.05) is 0 Å². The first-order valence-corrected chi connectivity index (χ1v) is 7.22. The van der Waals surface area contributed by atoms with Gasteiger partial charge in [0.05, 0.1) is 11.9 Å². The minimum absolute atomic E-state index is 0.0325. The Morgan fingerprint density at radius 2 is 2.00 bits per heavy atom. The van der Waals surface area contributed by atoms with Gasteiger partial charge in [-0.25, -0.2) is 0 Å². The van der Waals surface area contributed by atoms with Crippen LogP contribution in [-0.4, -0.2) is 27.5 Å². The van der Waals surface area contributed by atoms with Gasteiger partial charge in [-0.1, -0.05) is 18.2 Å². The minimum Gasteiger partial charge on any atom is -0.481 e. The second kappa shape index (κ2) is 6.56. The molecule has 0 fully saturated rings. The van der Waals surface area contributed by atoms with E-state index in [4.69, 9.17) is 5.11 Å². The molecule has 1 heterocycles. The third-order valence-corrected chi connectivity index (χ3v) is 3.45. The smallest absolute Gasteiger partial charge is 0.303 e. The van der Waals surface area contributed by atoms with E-state index in [0.717, 1.165) is 16.5 Å². The molecule has 116 valence electrons. The maximum absolute atomic E-state index is 12.1. The fourth-order valence-corrected chi connectivity index (χ4v) is 2.30. The Labute approximate surface area is 129 Å². The summed E-state index contributed by atoms with van der Waals surface area (Å²) >= 11 is 0. The van der Waals surface area contributed by atoms with E-state index in [9.17, 15) is 9.59 Å². The first-order valence-electron chi connectivity index (χ1n) is 7.22. The van der Waals surface area contributed by atoms with Crippen LogP contribution in [0.25, 0.3) is 10.9 Å². The van der Waals surface area contributed by atoms with Gasteiger partial charge in [0.1, 0.15) is 0 Å². The molecule has 22 heavy (non-hydrogen) atoms. The quantitative estimate of drug-likeness (QED) is 0.859. The van der Waals surface area contributed by atoms with Crippen LogP contribution >= 0.6 is 0 Å². The first kappa shape index (κ1) is 15.9. The van der Waals surface area contributed by atoms with Gasteiger partial charge in [-0.3, -0.25) is 14.6 Å². The van der Waals surface area contributed by atoms with Gasteiger partial charge in [-0.2, -0.15) is 0 Å². The molecule has 0 bridgehead atoms. The molecule has 2 aromatic rings. The fourth-order valence-electron chi connectivity index (χ4n) is 2.30. The fraction of sp³-hybridized carbons (Fsp3) is 0.353. The summed E-state index contributed by atoms with van der Waals surface area (Å²) in [4.78, 5) is 27.1.